The van der Waals surface area contributed by atoms with Crippen molar-refractivity contribution >= 4 is 36.5 Å². The molecule has 1 aromatic carbocycles. The Morgan fingerprint density at radius 3 is 2.15 bits per heavy atom. The van der Waals surface area contributed by atoms with Crippen LogP contribution >= 0.6 is 23.2 Å². The number of halogens is 2. The van der Waals surface area contributed by atoms with Crippen LogP contribution in [0.4, 0.5) is 0 Å². The van der Waals surface area contributed by atoms with E-state index in [1.54, 1.807) is 6.07 Å². The van der Waals surface area contributed by atoms with Gasteiger partial charge in [-0.25, -0.2) is 0 Å². The molecule has 8 heteroatoms. The average Bonchev–Trinajstić information content (AvgIpc) is 2.57. The van der Waals surface area contributed by atoms with Crippen LogP contribution in [0.15, 0.2) is 18.2 Å². The molecule has 0 heterocycles. The van der Waals surface area contributed by atoms with Gasteiger partial charge >= 0.3 is 13.3 Å². The second-order valence-corrected chi connectivity index (χ2v) is 7.14. The third-order valence-electron chi connectivity index (χ3n) is 4.07. The van der Waals surface area contributed by atoms with E-state index in [1.807, 2.05) is 12.1 Å². The monoisotopic (exact) mass is 403 g/mol. The van der Waals surface area contributed by atoms with E-state index in [1.165, 1.54) is 18.4 Å². The molecule has 0 bridgehead atoms. The highest BCUT2D eigenvalue weighted by atomic mass is 35.5. The second-order valence-electron chi connectivity index (χ2n) is 6.30. The highest BCUT2D eigenvalue weighted by Crippen LogP contribution is 2.23. The number of unbranched alkanes of at least 4 members (excludes halogenated alkanes) is 4. The van der Waals surface area contributed by atoms with E-state index in [4.69, 9.17) is 48.6 Å². The van der Waals surface area contributed by atoms with Crippen LogP contribution in [0.2, 0.25) is 16.4 Å². The van der Waals surface area contributed by atoms with E-state index in [9.17, 15) is 0 Å². The predicted molar refractivity (Wildman–Crippen MR) is 105 cm³/mol. The summed E-state index contributed by atoms with van der Waals surface area (Å²) in [4.78, 5) is 16.2. The van der Waals surface area contributed by atoms with Crippen molar-refractivity contribution in [2.24, 2.45) is 5.73 Å². The van der Waals surface area contributed by atoms with Gasteiger partial charge in [0.25, 0.3) is 0 Å². The Kier molecular flexibility index (Phi) is 15.8. The van der Waals surface area contributed by atoms with Crippen molar-refractivity contribution in [1.29, 1.82) is 0 Å². The summed E-state index contributed by atoms with van der Waals surface area (Å²) >= 11 is 12.0. The van der Waals surface area contributed by atoms with Gasteiger partial charge in [0.1, 0.15) is 0 Å². The van der Waals surface area contributed by atoms with Gasteiger partial charge in [0.05, 0.1) is 0 Å². The smallest absolute Gasteiger partial charge is 0.427 e. The van der Waals surface area contributed by atoms with Crippen molar-refractivity contribution in [3.05, 3.63) is 33.8 Å². The molecule has 0 radical (unpaired) electrons. The molecule has 0 saturated heterocycles. The van der Waals surface area contributed by atoms with Crippen LogP contribution in [0.25, 0.3) is 0 Å². The maximum absolute atomic E-state index is 8.76. The second kappa shape index (κ2) is 16.3. The molecule has 1 atom stereocenters. The summed E-state index contributed by atoms with van der Waals surface area (Å²) in [6, 6.07) is 5.92. The lowest BCUT2D eigenvalue weighted by molar-refractivity contribution is -0.191. The molecule has 0 aliphatic heterocycles. The minimum absolute atomic E-state index is 0.233. The molecule has 4 N–H and O–H groups in total. The van der Waals surface area contributed by atoms with Gasteiger partial charge in [0, 0.05) is 16.1 Å². The van der Waals surface area contributed by atoms with Gasteiger partial charge < -0.3 is 15.8 Å². The Morgan fingerprint density at radius 1 is 1.00 bits per heavy atom. The number of nitrogens with two attached hydrogens (primary N) is 1. The van der Waals surface area contributed by atoms with E-state index >= 15 is 0 Å². The molecule has 1 rings (SSSR count). The van der Waals surface area contributed by atoms with E-state index in [-0.39, 0.29) is 12.2 Å². The third kappa shape index (κ3) is 14.3. The van der Waals surface area contributed by atoms with E-state index in [2.05, 4.69) is 0 Å². The molecule has 5 nitrogen and oxygen atoms in total. The van der Waals surface area contributed by atoms with Crippen molar-refractivity contribution in [3.8, 4) is 0 Å². The number of hydrogen-bond acceptors (Lipinski definition) is 5. The molecule has 0 aromatic heterocycles. The number of rotatable bonds is 12. The maximum Gasteiger partial charge on any atom is 0.451 e. The first kappa shape index (κ1) is 25.1. The fourth-order valence-corrected chi connectivity index (χ4v) is 3.18. The first-order valence-corrected chi connectivity index (χ1v) is 9.71. The van der Waals surface area contributed by atoms with Gasteiger partial charge in [-0.3, -0.25) is 0 Å². The summed E-state index contributed by atoms with van der Waals surface area (Å²) in [7, 11) is -1.18. The quantitative estimate of drug-likeness (QED) is 0.363. The fraction of sp³-hybridized carbons (Fsp3) is 0.611. The van der Waals surface area contributed by atoms with Crippen LogP contribution in [0.5, 0.6) is 0 Å². The highest BCUT2D eigenvalue weighted by molar-refractivity contribution is 6.40. The van der Waals surface area contributed by atoms with Gasteiger partial charge in [-0.15, -0.1) is 0 Å². The molecule has 0 spiro atoms. The number of benzene rings is 1. The van der Waals surface area contributed by atoms with Crippen LogP contribution < -0.4 is 5.73 Å². The number of hydrogen-bond donors (Lipinski definition) is 3. The van der Waals surface area contributed by atoms with E-state index in [0.29, 0.717) is 11.3 Å². The van der Waals surface area contributed by atoms with Crippen LogP contribution in [-0.2, 0) is 16.0 Å². The van der Waals surface area contributed by atoms with Gasteiger partial charge in [0.2, 0.25) is 0 Å². The van der Waals surface area contributed by atoms with Crippen LogP contribution in [-0.4, -0.2) is 29.4 Å². The van der Waals surface area contributed by atoms with E-state index in [0.717, 1.165) is 50.0 Å². The molecular formula is C18H28BCl2NO4. The minimum Gasteiger partial charge on any atom is -0.427 e. The summed E-state index contributed by atoms with van der Waals surface area (Å²) in [5.41, 5.74) is 7.24. The fourth-order valence-electron chi connectivity index (χ4n) is 2.68. The molecule has 1 unspecified atom stereocenters. The zero-order chi connectivity index (χ0) is 19.8. The normalized spacial score (nSPS) is 11.3. The number of carbonyl (C=O) groups excluding carboxylic acids is 2. The van der Waals surface area contributed by atoms with Crippen molar-refractivity contribution in [1.82, 2.24) is 0 Å². The van der Waals surface area contributed by atoms with Crippen molar-refractivity contribution in [3.63, 3.8) is 0 Å². The summed E-state index contributed by atoms with van der Waals surface area (Å²) in [6.45, 7) is 0. The molecule has 1 aromatic rings. The topological polar surface area (TPSA) is 101 Å². The summed E-state index contributed by atoms with van der Waals surface area (Å²) in [5.74, 6) is 0. The lowest BCUT2D eigenvalue weighted by Crippen LogP contribution is -2.19. The molecule has 0 saturated carbocycles. The van der Waals surface area contributed by atoms with Crippen LogP contribution in [0.3, 0.4) is 0 Å². The Labute approximate surface area is 166 Å². The predicted octanol–water partition coefficient (Wildman–Crippen LogP) is 3.87. The van der Waals surface area contributed by atoms with Crippen LogP contribution in [0.1, 0.15) is 56.9 Å². The summed E-state index contributed by atoms with van der Waals surface area (Å²) in [5, 5.41) is 19.0. The first-order valence-electron chi connectivity index (χ1n) is 8.95. The highest BCUT2D eigenvalue weighted by Gasteiger charge is 2.07. The molecule has 0 amide bonds. The minimum atomic E-state index is -1.18. The molecule has 0 aliphatic carbocycles. The van der Waals surface area contributed by atoms with Gasteiger partial charge in [-0.1, -0.05) is 61.4 Å². The van der Waals surface area contributed by atoms with E-state index < -0.39 is 7.12 Å². The molecule has 0 aliphatic rings. The zero-order valence-electron chi connectivity index (χ0n) is 15.0. The van der Waals surface area contributed by atoms with Gasteiger partial charge in [-0.05, 0) is 49.7 Å². The Balaban J connectivity index is 0.00000194. The number of aryl methyl sites for hydroxylation is 1. The maximum atomic E-state index is 8.76. The SMILES string of the molecule is NC(CCCCCCc1ccc(Cl)cc1Cl)CCCCB(O)O.O=C=O. The first-order chi connectivity index (χ1) is 12.4. The zero-order valence-corrected chi connectivity index (χ0v) is 16.5. The van der Waals surface area contributed by atoms with Crippen molar-refractivity contribution < 1.29 is 19.6 Å². The Bertz CT molecular complexity index is 526. The standard InChI is InChI=1S/C17H28BCl2NO2.CO2/c19-15-11-10-14(17(20)13-15)7-3-1-2-4-8-16(21)9-5-6-12-18(22)23;2-1-3/h10-11,13,16,22-23H,1-9,12,21H2;. The lowest BCUT2D eigenvalue weighted by Gasteiger charge is -2.11. The average molecular weight is 404 g/mol. The lowest BCUT2D eigenvalue weighted by atomic mass is 9.83. The van der Waals surface area contributed by atoms with Crippen molar-refractivity contribution in [2.45, 2.75) is 70.1 Å². The molecule has 26 heavy (non-hydrogen) atoms. The third-order valence-corrected chi connectivity index (χ3v) is 4.66. The summed E-state index contributed by atoms with van der Waals surface area (Å²) < 4.78 is 0. The molecule has 0 fully saturated rings. The summed E-state index contributed by atoms with van der Waals surface area (Å²) in [6.07, 6.45) is 10.1. The Hall–Kier alpha value is -0.875. The molecular weight excluding hydrogens is 376 g/mol. The Morgan fingerprint density at radius 2 is 1.58 bits per heavy atom. The largest absolute Gasteiger partial charge is 0.451 e. The molecule has 146 valence electrons. The van der Waals surface area contributed by atoms with Gasteiger partial charge in [-0.2, -0.15) is 9.59 Å². The van der Waals surface area contributed by atoms with Gasteiger partial charge in [0.15, 0.2) is 0 Å². The van der Waals surface area contributed by atoms with Crippen LogP contribution in [0, 0.1) is 0 Å². The van der Waals surface area contributed by atoms with Crippen molar-refractivity contribution in [2.75, 3.05) is 0 Å².